The van der Waals surface area contributed by atoms with Gasteiger partial charge in [-0.3, -0.25) is 0 Å². The summed E-state index contributed by atoms with van der Waals surface area (Å²) < 4.78 is 13.3. The van der Waals surface area contributed by atoms with Crippen molar-refractivity contribution in [2.24, 2.45) is 35.0 Å². The predicted octanol–water partition coefficient (Wildman–Crippen LogP) is 7.59. The Kier molecular flexibility index (Phi) is 5.52. The molecule has 29 heavy (non-hydrogen) atoms. The Morgan fingerprint density at radius 1 is 0.793 bits per heavy atom. The summed E-state index contributed by atoms with van der Waals surface area (Å²) in [6, 6.07) is 0. The van der Waals surface area contributed by atoms with Crippen LogP contribution in [0.15, 0.2) is 11.8 Å². The van der Waals surface area contributed by atoms with Gasteiger partial charge in [-0.1, -0.05) is 6.92 Å². The van der Waals surface area contributed by atoms with Crippen molar-refractivity contribution in [1.82, 2.24) is 0 Å². The molecule has 4 aliphatic rings. The third-order valence-corrected chi connectivity index (χ3v) is 11.0. The van der Waals surface area contributed by atoms with Crippen LogP contribution in [0.5, 0.6) is 0 Å². The predicted molar refractivity (Wildman–Crippen MR) is 128 cm³/mol. The molecule has 0 spiro atoms. The van der Waals surface area contributed by atoms with Crippen molar-refractivity contribution in [2.75, 3.05) is 0 Å². The van der Waals surface area contributed by atoms with Gasteiger partial charge < -0.3 is 8.85 Å². The molecule has 0 aromatic carbocycles. The monoisotopic (exact) mass is 434 g/mol. The van der Waals surface area contributed by atoms with E-state index in [0.717, 1.165) is 29.6 Å². The normalized spacial score (nSPS) is 45.1. The second-order valence-corrected chi connectivity index (χ2v) is 22.0. The van der Waals surface area contributed by atoms with E-state index in [4.69, 9.17) is 8.85 Å². The van der Waals surface area contributed by atoms with Crippen molar-refractivity contribution in [3.8, 4) is 0 Å². The maximum Gasteiger partial charge on any atom is 0.241 e. The number of hydrogen-bond donors (Lipinski definition) is 0. The molecule has 4 unspecified atom stereocenters. The van der Waals surface area contributed by atoms with Crippen LogP contribution in [0.25, 0.3) is 0 Å². The maximum atomic E-state index is 6.92. The van der Waals surface area contributed by atoms with E-state index in [0.29, 0.717) is 5.41 Å². The molecule has 0 radical (unpaired) electrons. The van der Waals surface area contributed by atoms with Crippen LogP contribution in [0.2, 0.25) is 39.3 Å². The molecular weight excluding hydrogens is 388 g/mol. The summed E-state index contributed by atoms with van der Waals surface area (Å²) in [6.45, 7) is 19.2. The van der Waals surface area contributed by atoms with Crippen molar-refractivity contribution in [2.45, 2.75) is 110 Å². The molecule has 4 aliphatic carbocycles. The lowest BCUT2D eigenvalue weighted by atomic mass is 9.50. The van der Waals surface area contributed by atoms with Crippen molar-refractivity contribution in [3.63, 3.8) is 0 Å². The number of rotatable bonds is 4. The molecule has 3 saturated carbocycles. The smallest absolute Gasteiger partial charge is 0.241 e. The summed E-state index contributed by atoms with van der Waals surface area (Å²) in [4.78, 5) is 0. The van der Waals surface area contributed by atoms with Gasteiger partial charge in [-0.15, -0.1) is 0 Å². The van der Waals surface area contributed by atoms with Crippen molar-refractivity contribution >= 4 is 16.6 Å². The van der Waals surface area contributed by atoms with E-state index in [1.807, 2.05) is 0 Å². The number of fused-ring (bicyclic) bond motifs is 5. The second kappa shape index (κ2) is 7.23. The van der Waals surface area contributed by atoms with Gasteiger partial charge in [0.25, 0.3) is 0 Å². The third-order valence-electron chi connectivity index (χ3n) is 9.05. The summed E-state index contributed by atoms with van der Waals surface area (Å²) in [5.41, 5.74) is 0.493. The average Bonchev–Trinajstić information content (AvgIpc) is 2.82. The van der Waals surface area contributed by atoms with Crippen LogP contribution in [-0.4, -0.2) is 22.2 Å². The lowest BCUT2D eigenvalue weighted by Crippen LogP contribution is -2.55. The molecule has 0 aromatic rings. The van der Waals surface area contributed by atoms with E-state index < -0.39 is 16.6 Å². The van der Waals surface area contributed by atoms with Gasteiger partial charge in [-0.25, -0.2) is 0 Å². The molecule has 0 aromatic heterocycles. The lowest BCUT2D eigenvalue weighted by molar-refractivity contribution is -0.108. The van der Waals surface area contributed by atoms with E-state index >= 15 is 0 Å². The summed E-state index contributed by atoms with van der Waals surface area (Å²) in [5.74, 6) is 5.80. The van der Waals surface area contributed by atoms with Gasteiger partial charge in [-0.2, -0.15) is 0 Å². The van der Waals surface area contributed by atoms with Crippen LogP contribution in [0.3, 0.4) is 0 Å². The highest BCUT2D eigenvalue weighted by Crippen LogP contribution is 2.66. The first-order chi connectivity index (χ1) is 13.3. The van der Waals surface area contributed by atoms with Crippen LogP contribution in [0.4, 0.5) is 0 Å². The molecule has 0 aliphatic heterocycles. The first-order valence-corrected chi connectivity index (χ1v) is 19.2. The lowest BCUT2D eigenvalue weighted by Gasteiger charge is -2.57. The Hall–Kier alpha value is -0.0662. The molecule has 0 N–H and O–H groups in total. The van der Waals surface area contributed by atoms with Crippen LogP contribution < -0.4 is 0 Å². The highest BCUT2D eigenvalue weighted by atomic mass is 28.4. The van der Waals surface area contributed by atoms with Gasteiger partial charge in [0.1, 0.15) is 0 Å². The van der Waals surface area contributed by atoms with E-state index in [1.54, 1.807) is 0 Å². The fourth-order valence-corrected chi connectivity index (χ4v) is 10.6. The summed E-state index contributed by atoms with van der Waals surface area (Å²) >= 11 is 0. The topological polar surface area (TPSA) is 18.5 Å². The summed E-state index contributed by atoms with van der Waals surface area (Å²) in [5, 5.41) is 0. The quantitative estimate of drug-likeness (QED) is 0.424. The molecule has 4 heteroatoms. The van der Waals surface area contributed by atoms with Crippen molar-refractivity contribution < 1.29 is 8.85 Å². The fourth-order valence-electron chi connectivity index (χ4n) is 7.99. The van der Waals surface area contributed by atoms with Crippen LogP contribution in [0, 0.1) is 35.0 Å². The zero-order chi connectivity index (χ0) is 21.2. The molecule has 0 bridgehead atoms. The molecular formula is C25H46O2Si2. The zero-order valence-corrected chi connectivity index (χ0v) is 22.4. The van der Waals surface area contributed by atoms with Gasteiger partial charge in [-0.05, 0) is 132 Å². The fraction of sp³-hybridized carbons (Fsp3) is 0.920. The largest absolute Gasteiger partial charge is 0.548 e. The SMILES string of the molecule is C[C@]12CCC3C(CC[C@@H]4C=C(O[Si](C)(C)C)CCC34)C1CC[C@]2(C)O[Si](C)(C)C. The molecule has 0 heterocycles. The van der Waals surface area contributed by atoms with Gasteiger partial charge in [0.2, 0.25) is 8.32 Å². The zero-order valence-electron chi connectivity index (χ0n) is 20.4. The second-order valence-electron chi connectivity index (χ2n) is 13.2. The highest BCUT2D eigenvalue weighted by Gasteiger charge is 2.62. The Bertz CT molecular complexity index is 661. The minimum absolute atomic E-state index is 0.106. The van der Waals surface area contributed by atoms with Gasteiger partial charge in [0, 0.05) is 6.42 Å². The Morgan fingerprint density at radius 3 is 2.17 bits per heavy atom. The van der Waals surface area contributed by atoms with Crippen LogP contribution in [-0.2, 0) is 8.85 Å². The minimum atomic E-state index is -1.54. The van der Waals surface area contributed by atoms with E-state index in [2.05, 4.69) is 59.2 Å². The molecule has 166 valence electrons. The number of hydrogen-bond acceptors (Lipinski definition) is 2. The first-order valence-electron chi connectivity index (χ1n) is 12.4. The summed E-state index contributed by atoms with van der Waals surface area (Å²) in [7, 11) is -3.01. The van der Waals surface area contributed by atoms with Crippen LogP contribution >= 0.6 is 0 Å². The van der Waals surface area contributed by atoms with Crippen molar-refractivity contribution in [1.29, 1.82) is 0 Å². The minimum Gasteiger partial charge on any atom is -0.548 e. The Balaban J connectivity index is 1.51. The van der Waals surface area contributed by atoms with E-state index in [9.17, 15) is 0 Å². The Labute approximate surface area is 182 Å². The highest BCUT2D eigenvalue weighted by molar-refractivity contribution is 6.70. The van der Waals surface area contributed by atoms with Crippen molar-refractivity contribution in [3.05, 3.63) is 11.8 Å². The van der Waals surface area contributed by atoms with E-state index in [-0.39, 0.29) is 5.60 Å². The van der Waals surface area contributed by atoms with Gasteiger partial charge >= 0.3 is 0 Å². The van der Waals surface area contributed by atoms with Gasteiger partial charge in [0.05, 0.1) is 11.4 Å². The molecule has 2 nitrogen and oxygen atoms in total. The molecule has 0 saturated heterocycles. The standard InChI is InChI=1S/C25H46O2Si2/c1-24-15-13-21-20-12-10-19(26-28(3,4)5)17-18(20)9-11-22(21)23(24)14-16-25(24,2)27-29(6,7)8/h17-18,20-23H,9-16H2,1-8H3/t18-,20?,21?,22?,23?,24+,25+/m1/s1. The van der Waals surface area contributed by atoms with Crippen LogP contribution in [0.1, 0.15) is 65.2 Å². The van der Waals surface area contributed by atoms with E-state index in [1.165, 1.54) is 57.1 Å². The molecule has 0 amide bonds. The Morgan fingerprint density at radius 2 is 1.52 bits per heavy atom. The molecule has 7 atom stereocenters. The third kappa shape index (κ3) is 4.07. The number of allylic oxidation sites excluding steroid dienone is 2. The molecule has 4 rings (SSSR count). The average molecular weight is 435 g/mol. The van der Waals surface area contributed by atoms with Gasteiger partial charge in [0.15, 0.2) is 8.32 Å². The first kappa shape index (κ1) is 22.1. The molecule has 3 fully saturated rings. The maximum absolute atomic E-state index is 6.92. The summed E-state index contributed by atoms with van der Waals surface area (Å²) in [6.07, 6.45) is 13.4.